The van der Waals surface area contributed by atoms with Crippen molar-refractivity contribution in [3.8, 4) is 5.75 Å². The zero-order chi connectivity index (χ0) is 21.6. The van der Waals surface area contributed by atoms with E-state index in [-0.39, 0.29) is 30.2 Å². The third-order valence-corrected chi connectivity index (χ3v) is 4.90. The standard InChI is InChI=1S/C22H26F2N2O3/c1-5-15(3)26(13-20(27)25-19-8-6-7-14(2)16(19)4)21(28)17-9-11-18(12-10-17)29-22(23)24/h6-12,15,22H,5,13H2,1-4H3,(H,25,27). The quantitative estimate of drug-likeness (QED) is 0.689. The number of rotatable bonds is 8. The fourth-order valence-electron chi connectivity index (χ4n) is 2.82. The highest BCUT2D eigenvalue weighted by Gasteiger charge is 2.23. The van der Waals surface area contributed by atoms with Gasteiger partial charge in [-0.25, -0.2) is 0 Å². The fourth-order valence-corrected chi connectivity index (χ4v) is 2.82. The van der Waals surface area contributed by atoms with Crippen molar-refractivity contribution in [2.45, 2.75) is 46.8 Å². The number of aryl methyl sites for hydroxylation is 1. The van der Waals surface area contributed by atoms with Crippen molar-refractivity contribution >= 4 is 17.5 Å². The number of nitrogens with zero attached hydrogens (tertiary/aromatic N) is 1. The Labute approximate surface area is 169 Å². The molecule has 156 valence electrons. The lowest BCUT2D eigenvalue weighted by atomic mass is 10.1. The number of benzene rings is 2. The SMILES string of the molecule is CCC(C)N(CC(=O)Nc1cccc(C)c1C)C(=O)c1ccc(OC(F)F)cc1. The first-order chi connectivity index (χ1) is 13.7. The molecule has 29 heavy (non-hydrogen) atoms. The molecular weight excluding hydrogens is 378 g/mol. The van der Waals surface area contributed by atoms with Crippen molar-refractivity contribution in [2.75, 3.05) is 11.9 Å². The Kier molecular flexibility index (Phi) is 7.70. The van der Waals surface area contributed by atoms with Crippen molar-refractivity contribution in [1.82, 2.24) is 4.90 Å². The number of amides is 2. The number of anilines is 1. The molecule has 2 amide bonds. The molecule has 2 aromatic rings. The zero-order valence-electron chi connectivity index (χ0n) is 17.0. The largest absolute Gasteiger partial charge is 0.435 e. The van der Waals surface area contributed by atoms with Crippen molar-refractivity contribution < 1.29 is 23.1 Å². The Morgan fingerprint density at radius 2 is 1.76 bits per heavy atom. The van der Waals surface area contributed by atoms with E-state index in [1.54, 1.807) is 0 Å². The molecule has 0 saturated heterocycles. The van der Waals surface area contributed by atoms with Crippen LogP contribution in [0.1, 0.15) is 41.8 Å². The average Bonchev–Trinajstić information content (AvgIpc) is 2.68. The van der Waals surface area contributed by atoms with Crippen LogP contribution in [0.2, 0.25) is 0 Å². The second-order valence-corrected chi connectivity index (χ2v) is 6.89. The van der Waals surface area contributed by atoms with E-state index in [1.165, 1.54) is 29.2 Å². The minimum atomic E-state index is -2.93. The van der Waals surface area contributed by atoms with Gasteiger partial charge in [0.05, 0.1) is 0 Å². The van der Waals surface area contributed by atoms with Crippen LogP contribution in [0.5, 0.6) is 5.75 Å². The molecule has 0 bridgehead atoms. The third kappa shape index (κ3) is 6.01. The van der Waals surface area contributed by atoms with Crippen LogP contribution in [-0.4, -0.2) is 35.9 Å². The average molecular weight is 404 g/mol. The molecule has 2 aromatic carbocycles. The molecule has 1 unspecified atom stereocenters. The molecule has 2 rings (SSSR count). The van der Waals surface area contributed by atoms with Gasteiger partial charge in [-0.15, -0.1) is 0 Å². The Morgan fingerprint density at radius 1 is 1.10 bits per heavy atom. The van der Waals surface area contributed by atoms with Gasteiger partial charge in [0.2, 0.25) is 5.91 Å². The normalized spacial score (nSPS) is 11.8. The van der Waals surface area contributed by atoms with Crippen molar-refractivity contribution in [3.05, 3.63) is 59.2 Å². The predicted molar refractivity (Wildman–Crippen MR) is 108 cm³/mol. The number of alkyl halides is 2. The lowest BCUT2D eigenvalue weighted by Crippen LogP contribution is -2.43. The highest BCUT2D eigenvalue weighted by molar-refractivity contribution is 5.99. The Morgan fingerprint density at radius 3 is 2.34 bits per heavy atom. The summed E-state index contributed by atoms with van der Waals surface area (Å²) < 4.78 is 28.9. The van der Waals surface area contributed by atoms with E-state index < -0.39 is 6.61 Å². The molecular formula is C22H26F2N2O3. The molecule has 0 aliphatic heterocycles. The van der Waals surface area contributed by atoms with Gasteiger partial charge >= 0.3 is 6.61 Å². The first-order valence-corrected chi connectivity index (χ1v) is 9.44. The maximum Gasteiger partial charge on any atom is 0.387 e. The molecule has 1 N–H and O–H groups in total. The molecule has 0 spiro atoms. The zero-order valence-corrected chi connectivity index (χ0v) is 17.0. The van der Waals surface area contributed by atoms with Crippen LogP contribution in [-0.2, 0) is 4.79 Å². The molecule has 5 nitrogen and oxygen atoms in total. The number of ether oxygens (including phenoxy) is 1. The first kappa shape index (κ1) is 22.3. The monoisotopic (exact) mass is 404 g/mol. The van der Waals surface area contributed by atoms with Gasteiger partial charge in [-0.1, -0.05) is 19.1 Å². The molecule has 0 aliphatic rings. The Hall–Kier alpha value is -2.96. The summed E-state index contributed by atoms with van der Waals surface area (Å²) in [5, 5.41) is 2.86. The first-order valence-electron chi connectivity index (χ1n) is 9.44. The maximum absolute atomic E-state index is 12.9. The van der Waals surface area contributed by atoms with Gasteiger partial charge in [0.15, 0.2) is 0 Å². The molecule has 1 atom stereocenters. The number of carbonyl (C=O) groups excluding carboxylic acids is 2. The van der Waals surface area contributed by atoms with Crippen LogP contribution in [0.25, 0.3) is 0 Å². The highest BCUT2D eigenvalue weighted by atomic mass is 19.3. The number of hydrogen-bond acceptors (Lipinski definition) is 3. The summed E-state index contributed by atoms with van der Waals surface area (Å²) in [5.41, 5.74) is 3.03. The summed E-state index contributed by atoms with van der Waals surface area (Å²) in [7, 11) is 0. The van der Waals surface area contributed by atoms with Crippen LogP contribution in [0.15, 0.2) is 42.5 Å². The molecule has 0 saturated carbocycles. The third-order valence-electron chi connectivity index (χ3n) is 4.90. The van der Waals surface area contributed by atoms with E-state index >= 15 is 0 Å². The van der Waals surface area contributed by atoms with E-state index in [0.29, 0.717) is 17.7 Å². The topological polar surface area (TPSA) is 58.6 Å². The van der Waals surface area contributed by atoms with Gasteiger partial charge in [-0.2, -0.15) is 8.78 Å². The number of hydrogen-bond donors (Lipinski definition) is 1. The second kappa shape index (κ2) is 10.0. The smallest absolute Gasteiger partial charge is 0.387 e. The molecule has 7 heteroatoms. The molecule has 0 heterocycles. The lowest BCUT2D eigenvalue weighted by molar-refractivity contribution is -0.117. The summed E-state index contributed by atoms with van der Waals surface area (Å²) in [4.78, 5) is 27.0. The van der Waals surface area contributed by atoms with E-state index in [1.807, 2.05) is 45.9 Å². The van der Waals surface area contributed by atoms with E-state index in [0.717, 1.165) is 11.1 Å². The van der Waals surface area contributed by atoms with Crippen LogP contribution in [0.4, 0.5) is 14.5 Å². The van der Waals surface area contributed by atoms with Crippen LogP contribution < -0.4 is 10.1 Å². The van der Waals surface area contributed by atoms with E-state index in [9.17, 15) is 18.4 Å². The minimum absolute atomic E-state index is 0.0284. The van der Waals surface area contributed by atoms with Gasteiger partial charge in [-0.05, 0) is 68.7 Å². The summed E-state index contributed by atoms with van der Waals surface area (Å²) in [6.45, 7) is 4.62. The maximum atomic E-state index is 12.9. The van der Waals surface area contributed by atoms with Crippen LogP contribution in [0.3, 0.4) is 0 Å². The Balaban J connectivity index is 2.15. The van der Waals surface area contributed by atoms with Crippen molar-refractivity contribution in [1.29, 1.82) is 0 Å². The number of carbonyl (C=O) groups is 2. The van der Waals surface area contributed by atoms with E-state index in [4.69, 9.17) is 0 Å². The van der Waals surface area contributed by atoms with Crippen molar-refractivity contribution in [3.63, 3.8) is 0 Å². The number of halogens is 2. The minimum Gasteiger partial charge on any atom is -0.435 e. The Bertz CT molecular complexity index is 854. The molecule has 0 radical (unpaired) electrons. The fraction of sp³-hybridized carbons (Fsp3) is 0.364. The van der Waals surface area contributed by atoms with Gasteiger partial charge in [0, 0.05) is 17.3 Å². The number of nitrogens with one attached hydrogen (secondary N) is 1. The van der Waals surface area contributed by atoms with Gasteiger partial charge in [0.25, 0.3) is 5.91 Å². The molecule has 0 fully saturated rings. The molecule has 0 aromatic heterocycles. The van der Waals surface area contributed by atoms with E-state index in [2.05, 4.69) is 10.1 Å². The summed E-state index contributed by atoms with van der Waals surface area (Å²) in [6.07, 6.45) is 0.662. The van der Waals surface area contributed by atoms with Gasteiger partial charge in [-0.3, -0.25) is 9.59 Å². The predicted octanol–water partition coefficient (Wildman–Crippen LogP) is 4.78. The lowest BCUT2D eigenvalue weighted by Gasteiger charge is -2.28. The summed E-state index contributed by atoms with van der Waals surface area (Å²) >= 11 is 0. The van der Waals surface area contributed by atoms with Gasteiger partial charge < -0.3 is 15.0 Å². The molecule has 0 aliphatic carbocycles. The summed E-state index contributed by atoms with van der Waals surface area (Å²) in [6, 6.07) is 10.9. The summed E-state index contributed by atoms with van der Waals surface area (Å²) in [5.74, 6) is -0.677. The second-order valence-electron chi connectivity index (χ2n) is 6.89. The van der Waals surface area contributed by atoms with Crippen LogP contribution >= 0.6 is 0 Å². The van der Waals surface area contributed by atoms with Crippen molar-refractivity contribution in [2.24, 2.45) is 0 Å². The van der Waals surface area contributed by atoms with Crippen LogP contribution in [0, 0.1) is 13.8 Å². The highest BCUT2D eigenvalue weighted by Crippen LogP contribution is 2.20. The van der Waals surface area contributed by atoms with Gasteiger partial charge in [0.1, 0.15) is 12.3 Å².